The number of nitriles is 1. The fourth-order valence-corrected chi connectivity index (χ4v) is 1.85. The number of benzene rings is 1. The Hall–Kier alpha value is -3.00. The largest absolute Gasteiger partial charge is 0.463 e. The molecule has 2 heterocycles. The summed E-state index contributed by atoms with van der Waals surface area (Å²) in [4.78, 5) is 15.0. The van der Waals surface area contributed by atoms with Crippen molar-refractivity contribution >= 4 is 22.7 Å². The fraction of sp³-hybridized carbons (Fsp3) is 0. The van der Waals surface area contributed by atoms with Crippen molar-refractivity contribution in [3.05, 3.63) is 53.9 Å². The van der Waals surface area contributed by atoms with Gasteiger partial charge in [0.15, 0.2) is 5.58 Å². The van der Waals surface area contributed by atoms with E-state index in [2.05, 4.69) is 10.3 Å². The molecule has 0 aliphatic rings. The minimum Gasteiger partial charge on any atom is -0.463 e. The standard InChI is InChI=1S/C14H9N3O2/c15-8-9-3-1-2-4-10(9)17-14(18)12-7-13-11(16-12)5-6-19-13/h1-7,16H,(H,17,18). The van der Waals surface area contributed by atoms with Gasteiger partial charge in [-0.3, -0.25) is 4.79 Å². The highest BCUT2D eigenvalue weighted by Crippen LogP contribution is 2.18. The maximum absolute atomic E-state index is 12.1. The van der Waals surface area contributed by atoms with Gasteiger partial charge in [0.25, 0.3) is 5.91 Å². The molecular weight excluding hydrogens is 242 g/mol. The molecular formula is C14H9N3O2. The van der Waals surface area contributed by atoms with Gasteiger partial charge in [-0.05, 0) is 12.1 Å². The number of anilines is 1. The molecule has 1 amide bonds. The number of carbonyl (C=O) groups is 1. The first-order valence-corrected chi connectivity index (χ1v) is 5.64. The van der Waals surface area contributed by atoms with Crippen molar-refractivity contribution in [1.29, 1.82) is 5.26 Å². The van der Waals surface area contributed by atoms with Gasteiger partial charge < -0.3 is 14.7 Å². The summed E-state index contributed by atoms with van der Waals surface area (Å²) in [5.74, 6) is -0.311. The van der Waals surface area contributed by atoms with E-state index in [4.69, 9.17) is 9.68 Å². The van der Waals surface area contributed by atoms with Gasteiger partial charge in [0, 0.05) is 12.1 Å². The van der Waals surface area contributed by atoms with Gasteiger partial charge in [-0.1, -0.05) is 12.1 Å². The summed E-state index contributed by atoms with van der Waals surface area (Å²) >= 11 is 0. The quantitative estimate of drug-likeness (QED) is 0.734. The number of para-hydroxylation sites is 1. The number of fused-ring (bicyclic) bond motifs is 1. The highest BCUT2D eigenvalue weighted by Gasteiger charge is 2.12. The third-order valence-electron chi connectivity index (χ3n) is 2.78. The molecule has 0 saturated heterocycles. The molecule has 0 unspecified atom stereocenters. The number of carbonyl (C=O) groups excluding carboxylic acids is 1. The lowest BCUT2D eigenvalue weighted by Crippen LogP contribution is -2.13. The van der Waals surface area contributed by atoms with Gasteiger partial charge in [-0.25, -0.2) is 0 Å². The number of amides is 1. The minimum atomic E-state index is -0.311. The van der Waals surface area contributed by atoms with E-state index >= 15 is 0 Å². The Morgan fingerprint density at radius 1 is 1.32 bits per heavy atom. The molecule has 0 spiro atoms. The van der Waals surface area contributed by atoms with E-state index in [9.17, 15) is 4.79 Å². The highest BCUT2D eigenvalue weighted by molar-refractivity contribution is 6.05. The van der Waals surface area contributed by atoms with Crippen LogP contribution in [0.25, 0.3) is 11.1 Å². The number of rotatable bonds is 2. The molecule has 0 fully saturated rings. The van der Waals surface area contributed by atoms with Crippen LogP contribution in [0, 0.1) is 11.3 Å². The number of nitrogens with one attached hydrogen (secondary N) is 2. The van der Waals surface area contributed by atoms with Crippen LogP contribution in [0.2, 0.25) is 0 Å². The van der Waals surface area contributed by atoms with Gasteiger partial charge in [0.05, 0.1) is 23.0 Å². The summed E-state index contributed by atoms with van der Waals surface area (Å²) in [6.07, 6.45) is 1.55. The molecule has 2 N–H and O–H groups in total. The number of hydrogen-bond donors (Lipinski definition) is 2. The number of hydrogen-bond acceptors (Lipinski definition) is 3. The normalized spacial score (nSPS) is 10.3. The van der Waals surface area contributed by atoms with E-state index in [1.807, 2.05) is 6.07 Å². The summed E-state index contributed by atoms with van der Waals surface area (Å²) in [6, 6.07) is 12.2. The minimum absolute atomic E-state index is 0.311. The van der Waals surface area contributed by atoms with E-state index in [1.165, 1.54) is 0 Å². The first-order chi connectivity index (χ1) is 9.28. The van der Waals surface area contributed by atoms with Gasteiger partial charge in [0.2, 0.25) is 0 Å². The number of furan rings is 1. The van der Waals surface area contributed by atoms with Crippen LogP contribution in [0.3, 0.4) is 0 Å². The molecule has 0 saturated carbocycles. The molecule has 0 bridgehead atoms. The van der Waals surface area contributed by atoms with Crippen LogP contribution < -0.4 is 5.32 Å². The Bertz CT molecular complexity index is 764. The summed E-state index contributed by atoms with van der Waals surface area (Å²) in [7, 11) is 0. The monoisotopic (exact) mass is 251 g/mol. The van der Waals surface area contributed by atoms with Crippen LogP contribution in [-0.2, 0) is 0 Å². The second kappa shape index (κ2) is 4.35. The van der Waals surface area contributed by atoms with E-state index in [1.54, 1.807) is 42.7 Å². The predicted octanol–water partition coefficient (Wildman–Crippen LogP) is 2.88. The lowest BCUT2D eigenvalue weighted by molar-refractivity contribution is 0.102. The molecule has 0 radical (unpaired) electrons. The van der Waals surface area contributed by atoms with Crippen molar-refractivity contribution in [2.75, 3.05) is 5.32 Å². The number of H-pyrrole nitrogens is 1. The second-order valence-corrected chi connectivity index (χ2v) is 3.99. The van der Waals surface area contributed by atoms with E-state index in [0.717, 1.165) is 5.52 Å². The van der Waals surface area contributed by atoms with Crippen LogP contribution >= 0.6 is 0 Å². The smallest absolute Gasteiger partial charge is 0.272 e. The van der Waals surface area contributed by atoms with E-state index in [0.29, 0.717) is 22.5 Å². The molecule has 1 aromatic carbocycles. The van der Waals surface area contributed by atoms with Crippen LogP contribution in [0.4, 0.5) is 5.69 Å². The van der Waals surface area contributed by atoms with Gasteiger partial charge in [-0.15, -0.1) is 0 Å². The topological polar surface area (TPSA) is 81.8 Å². The molecule has 5 nitrogen and oxygen atoms in total. The van der Waals surface area contributed by atoms with E-state index < -0.39 is 0 Å². The molecule has 92 valence electrons. The average molecular weight is 251 g/mol. The van der Waals surface area contributed by atoms with Crippen molar-refractivity contribution in [3.8, 4) is 6.07 Å². The summed E-state index contributed by atoms with van der Waals surface area (Å²) < 4.78 is 5.18. The molecule has 19 heavy (non-hydrogen) atoms. The molecule has 5 heteroatoms. The lowest BCUT2D eigenvalue weighted by atomic mass is 10.2. The fourth-order valence-electron chi connectivity index (χ4n) is 1.85. The van der Waals surface area contributed by atoms with Crippen molar-refractivity contribution in [2.45, 2.75) is 0 Å². The van der Waals surface area contributed by atoms with Crippen molar-refractivity contribution < 1.29 is 9.21 Å². The zero-order valence-electron chi connectivity index (χ0n) is 9.81. The number of nitrogens with zero attached hydrogens (tertiary/aromatic N) is 1. The number of aromatic nitrogens is 1. The molecule has 0 aliphatic carbocycles. The van der Waals surface area contributed by atoms with Crippen molar-refractivity contribution in [3.63, 3.8) is 0 Å². The predicted molar refractivity (Wildman–Crippen MR) is 69.7 cm³/mol. The average Bonchev–Trinajstić information content (AvgIpc) is 3.00. The lowest BCUT2D eigenvalue weighted by Gasteiger charge is -2.04. The van der Waals surface area contributed by atoms with Gasteiger partial charge in [-0.2, -0.15) is 5.26 Å². The Morgan fingerprint density at radius 2 is 2.16 bits per heavy atom. The summed E-state index contributed by atoms with van der Waals surface area (Å²) in [5.41, 5.74) is 2.69. The van der Waals surface area contributed by atoms with Crippen LogP contribution in [0.1, 0.15) is 16.1 Å². The van der Waals surface area contributed by atoms with Gasteiger partial charge in [0.1, 0.15) is 11.8 Å². The Labute approximate surface area is 108 Å². The Kier molecular flexibility index (Phi) is 2.54. The molecule has 3 rings (SSSR count). The van der Waals surface area contributed by atoms with Crippen LogP contribution in [0.15, 0.2) is 47.1 Å². The van der Waals surface area contributed by atoms with Crippen molar-refractivity contribution in [1.82, 2.24) is 4.98 Å². The maximum atomic E-state index is 12.1. The summed E-state index contributed by atoms with van der Waals surface area (Å²) in [5, 5.41) is 11.7. The molecule has 2 aromatic heterocycles. The summed E-state index contributed by atoms with van der Waals surface area (Å²) in [6.45, 7) is 0. The second-order valence-electron chi connectivity index (χ2n) is 3.99. The highest BCUT2D eigenvalue weighted by atomic mass is 16.3. The SMILES string of the molecule is N#Cc1ccccc1NC(=O)c1cc2occc2[nH]1. The van der Waals surface area contributed by atoms with Crippen LogP contribution in [-0.4, -0.2) is 10.9 Å². The first-order valence-electron chi connectivity index (χ1n) is 5.64. The zero-order chi connectivity index (χ0) is 13.2. The zero-order valence-corrected chi connectivity index (χ0v) is 9.81. The molecule has 0 aliphatic heterocycles. The Morgan fingerprint density at radius 3 is 2.95 bits per heavy atom. The third-order valence-corrected chi connectivity index (χ3v) is 2.78. The maximum Gasteiger partial charge on any atom is 0.272 e. The van der Waals surface area contributed by atoms with E-state index in [-0.39, 0.29) is 5.91 Å². The number of aromatic amines is 1. The van der Waals surface area contributed by atoms with Gasteiger partial charge >= 0.3 is 0 Å². The Balaban J connectivity index is 1.89. The molecule has 3 aromatic rings. The molecule has 0 atom stereocenters. The van der Waals surface area contributed by atoms with Crippen molar-refractivity contribution in [2.24, 2.45) is 0 Å². The van der Waals surface area contributed by atoms with Crippen LogP contribution in [0.5, 0.6) is 0 Å². The first kappa shape index (κ1) is 11.1. The third kappa shape index (κ3) is 1.96.